The number of rotatable bonds is 10. The lowest BCUT2D eigenvalue weighted by Gasteiger charge is -2.32. The van der Waals surface area contributed by atoms with E-state index in [0.29, 0.717) is 18.9 Å². The molecule has 0 radical (unpaired) electrons. The van der Waals surface area contributed by atoms with Gasteiger partial charge in [0, 0.05) is 19.4 Å². The highest BCUT2D eigenvalue weighted by Gasteiger charge is 2.37. The van der Waals surface area contributed by atoms with Gasteiger partial charge in [0.1, 0.15) is 5.69 Å². The van der Waals surface area contributed by atoms with Gasteiger partial charge in [-0.05, 0) is 50.2 Å². The molecule has 1 heterocycles. The number of hydrogen-bond donors (Lipinski definition) is 1. The first-order valence-electron chi connectivity index (χ1n) is 8.76. The zero-order valence-electron chi connectivity index (χ0n) is 16.0. The Morgan fingerprint density at radius 3 is 2.21 bits per heavy atom. The van der Waals surface area contributed by atoms with E-state index < -0.39 is 21.8 Å². The van der Waals surface area contributed by atoms with E-state index >= 15 is 0 Å². The second-order valence-electron chi connectivity index (χ2n) is 5.67. The van der Waals surface area contributed by atoms with Crippen molar-refractivity contribution in [1.29, 1.82) is 0 Å². The molecule has 1 aromatic carbocycles. The molecule has 0 saturated carbocycles. The molecule has 1 N–H and O–H groups in total. The van der Waals surface area contributed by atoms with Crippen molar-refractivity contribution in [3.63, 3.8) is 0 Å². The standard InChI is InChI=1S/C19H24N2O6S/c1-4-26-19(27-5-2,17-8-6-7-13-20-17)14-21-28(23,24)16-11-9-15(10-12-16)18(22)25-3/h6-13,21H,4-5,14H2,1-3H3. The van der Waals surface area contributed by atoms with Gasteiger partial charge in [0.15, 0.2) is 0 Å². The highest BCUT2D eigenvalue weighted by Crippen LogP contribution is 2.26. The molecule has 0 spiro atoms. The summed E-state index contributed by atoms with van der Waals surface area (Å²) < 4.78 is 44.1. The minimum absolute atomic E-state index is 0.00284. The number of carbonyl (C=O) groups is 1. The predicted molar refractivity (Wildman–Crippen MR) is 102 cm³/mol. The van der Waals surface area contributed by atoms with Crippen molar-refractivity contribution in [3.05, 3.63) is 59.9 Å². The molecule has 0 aliphatic carbocycles. The van der Waals surface area contributed by atoms with E-state index in [9.17, 15) is 13.2 Å². The van der Waals surface area contributed by atoms with Gasteiger partial charge in [-0.3, -0.25) is 4.98 Å². The largest absolute Gasteiger partial charge is 0.465 e. The van der Waals surface area contributed by atoms with Crippen molar-refractivity contribution in [2.75, 3.05) is 26.9 Å². The lowest BCUT2D eigenvalue weighted by molar-refractivity contribution is -0.239. The molecule has 28 heavy (non-hydrogen) atoms. The molecule has 152 valence electrons. The number of hydrogen-bond acceptors (Lipinski definition) is 7. The van der Waals surface area contributed by atoms with Crippen molar-refractivity contribution in [1.82, 2.24) is 9.71 Å². The van der Waals surface area contributed by atoms with Gasteiger partial charge in [-0.2, -0.15) is 0 Å². The molecule has 2 rings (SSSR count). The first kappa shape index (κ1) is 22.0. The van der Waals surface area contributed by atoms with Crippen molar-refractivity contribution >= 4 is 16.0 Å². The zero-order chi connectivity index (χ0) is 20.6. The van der Waals surface area contributed by atoms with E-state index in [1.54, 1.807) is 38.2 Å². The molecule has 0 aliphatic rings. The normalized spacial score (nSPS) is 12.0. The second kappa shape index (κ2) is 9.74. The van der Waals surface area contributed by atoms with E-state index in [-0.39, 0.29) is 17.0 Å². The number of ether oxygens (including phenoxy) is 3. The van der Waals surface area contributed by atoms with Crippen LogP contribution in [0.1, 0.15) is 29.9 Å². The summed E-state index contributed by atoms with van der Waals surface area (Å²) in [5, 5.41) is 0. The van der Waals surface area contributed by atoms with Crippen molar-refractivity contribution in [2.24, 2.45) is 0 Å². The fourth-order valence-corrected chi connectivity index (χ4v) is 3.64. The number of pyridine rings is 1. The van der Waals surface area contributed by atoms with Crippen molar-refractivity contribution in [3.8, 4) is 0 Å². The number of benzene rings is 1. The molecule has 1 aromatic heterocycles. The number of aromatic nitrogens is 1. The summed E-state index contributed by atoms with van der Waals surface area (Å²) in [5.41, 5.74) is 0.718. The maximum absolute atomic E-state index is 12.7. The highest BCUT2D eigenvalue weighted by molar-refractivity contribution is 7.89. The van der Waals surface area contributed by atoms with Crippen molar-refractivity contribution < 1.29 is 27.4 Å². The van der Waals surface area contributed by atoms with Crippen LogP contribution in [0.5, 0.6) is 0 Å². The van der Waals surface area contributed by atoms with E-state index in [0.717, 1.165) is 0 Å². The molecule has 0 bridgehead atoms. The summed E-state index contributed by atoms with van der Waals surface area (Å²) in [5.74, 6) is -1.90. The van der Waals surface area contributed by atoms with Crippen LogP contribution in [0.15, 0.2) is 53.6 Å². The fraction of sp³-hybridized carbons (Fsp3) is 0.368. The topological polar surface area (TPSA) is 104 Å². The van der Waals surface area contributed by atoms with Gasteiger partial charge < -0.3 is 14.2 Å². The van der Waals surface area contributed by atoms with E-state index in [2.05, 4.69) is 14.4 Å². The van der Waals surface area contributed by atoms with Gasteiger partial charge >= 0.3 is 5.97 Å². The molecule has 0 fully saturated rings. The van der Waals surface area contributed by atoms with Gasteiger partial charge in [0.25, 0.3) is 0 Å². The first-order chi connectivity index (χ1) is 13.4. The third-order valence-electron chi connectivity index (χ3n) is 3.89. The van der Waals surface area contributed by atoms with Gasteiger partial charge in [0.2, 0.25) is 15.8 Å². The van der Waals surface area contributed by atoms with Gasteiger partial charge in [0.05, 0.1) is 24.1 Å². The monoisotopic (exact) mass is 408 g/mol. The Labute approximate surface area is 164 Å². The summed E-state index contributed by atoms with van der Waals surface area (Å²) in [7, 11) is -2.62. The summed E-state index contributed by atoms with van der Waals surface area (Å²) in [6.07, 6.45) is 1.59. The van der Waals surface area contributed by atoms with Crippen LogP contribution in [0.3, 0.4) is 0 Å². The summed E-state index contributed by atoms with van der Waals surface area (Å²) in [4.78, 5) is 15.8. The number of carbonyl (C=O) groups excluding carboxylic acids is 1. The third kappa shape index (κ3) is 5.14. The molecule has 2 aromatic rings. The summed E-state index contributed by atoms with van der Waals surface area (Å²) >= 11 is 0. The quantitative estimate of drug-likeness (QED) is 0.474. The maximum atomic E-state index is 12.7. The number of sulfonamides is 1. The Morgan fingerprint density at radius 1 is 1.07 bits per heavy atom. The summed E-state index contributed by atoms with van der Waals surface area (Å²) in [6.45, 7) is 4.00. The van der Waals surface area contributed by atoms with E-state index in [4.69, 9.17) is 9.47 Å². The van der Waals surface area contributed by atoms with Crippen LogP contribution >= 0.6 is 0 Å². The van der Waals surface area contributed by atoms with Crippen LogP contribution in [0.4, 0.5) is 0 Å². The lowest BCUT2D eigenvalue weighted by Crippen LogP contribution is -2.45. The van der Waals surface area contributed by atoms with Crippen LogP contribution in [0, 0.1) is 0 Å². The second-order valence-corrected chi connectivity index (χ2v) is 7.44. The molecule has 0 amide bonds. The molecule has 0 saturated heterocycles. The fourth-order valence-electron chi connectivity index (χ4n) is 2.60. The van der Waals surface area contributed by atoms with Crippen LogP contribution in [0.25, 0.3) is 0 Å². The summed E-state index contributed by atoms with van der Waals surface area (Å²) in [6, 6.07) is 10.7. The minimum atomic E-state index is -3.88. The van der Waals surface area contributed by atoms with Crippen molar-refractivity contribution in [2.45, 2.75) is 24.5 Å². The van der Waals surface area contributed by atoms with Crippen LogP contribution in [0.2, 0.25) is 0 Å². The third-order valence-corrected chi connectivity index (χ3v) is 5.31. The number of methoxy groups -OCH3 is 1. The molecule has 0 aliphatic heterocycles. The Kier molecular flexibility index (Phi) is 7.64. The van der Waals surface area contributed by atoms with Crippen LogP contribution < -0.4 is 4.72 Å². The first-order valence-corrected chi connectivity index (χ1v) is 10.2. The number of nitrogens with zero attached hydrogens (tertiary/aromatic N) is 1. The minimum Gasteiger partial charge on any atom is -0.465 e. The molecule has 8 nitrogen and oxygen atoms in total. The highest BCUT2D eigenvalue weighted by atomic mass is 32.2. The lowest BCUT2D eigenvalue weighted by atomic mass is 10.1. The van der Waals surface area contributed by atoms with Crippen LogP contribution in [-0.4, -0.2) is 46.2 Å². The van der Waals surface area contributed by atoms with Gasteiger partial charge in [-0.15, -0.1) is 0 Å². The van der Waals surface area contributed by atoms with Gasteiger partial charge in [-0.1, -0.05) is 6.07 Å². The smallest absolute Gasteiger partial charge is 0.337 e. The Morgan fingerprint density at radius 2 is 1.71 bits per heavy atom. The molecule has 0 unspecified atom stereocenters. The number of nitrogens with one attached hydrogen (secondary N) is 1. The average molecular weight is 408 g/mol. The molecule has 0 atom stereocenters. The van der Waals surface area contributed by atoms with Crippen LogP contribution in [-0.2, 0) is 30.0 Å². The Balaban J connectivity index is 2.26. The number of esters is 1. The Bertz CT molecular complexity index is 863. The average Bonchev–Trinajstić information content (AvgIpc) is 2.72. The zero-order valence-corrected chi connectivity index (χ0v) is 16.9. The van der Waals surface area contributed by atoms with E-state index in [1.165, 1.54) is 31.4 Å². The predicted octanol–water partition coefficient (Wildman–Crippen LogP) is 2.07. The molecular weight excluding hydrogens is 384 g/mol. The molecule has 9 heteroatoms. The van der Waals surface area contributed by atoms with E-state index in [1.807, 2.05) is 0 Å². The molecular formula is C19H24N2O6S. The SMILES string of the molecule is CCOC(CNS(=O)(=O)c1ccc(C(=O)OC)cc1)(OCC)c1ccccn1. The Hall–Kier alpha value is -2.33. The van der Waals surface area contributed by atoms with Gasteiger partial charge in [-0.25, -0.2) is 17.9 Å². The maximum Gasteiger partial charge on any atom is 0.337 e.